The number of alkyl halides is 15. The molecule has 5 aliphatic heterocycles. The number of aromatic nitrogens is 16. The molecule has 768 valence electrons. The Morgan fingerprint density at radius 2 is 0.757 bits per heavy atom. The highest BCUT2D eigenvalue weighted by Gasteiger charge is 2.50. The molecule has 2 N–H and O–H groups in total. The number of aliphatic hydroxyl groups excluding tert-OH is 1. The van der Waals surface area contributed by atoms with E-state index in [1.54, 1.807) is 36.4 Å². The lowest BCUT2D eigenvalue weighted by molar-refractivity contribution is -0.910. The Morgan fingerprint density at radius 3 is 1.11 bits per heavy atom. The summed E-state index contributed by atoms with van der Waals surface area (Å²) in [5.41, 5.74) is 3.81. The number of fused-ring (bicyclic) bond motifs is 5. The number of rotatable bonds is 22. The standard InChI is InChI=1S/C22H20F3N5O5.C15H12ClF3N4O3.C15H14F3N4O4.C15H13F3N4O3.C12H9F3N4O2.C4H6O2.Cl3OP/c1-33-17-6-12(8-26-20(17)35-3)15-5-4-14-19(28-15)16(7-18(31)34-2)30(21(14)32)13-9-27-29(10-13)11-22(23,24)25;1-26-12(24)4-10-13-9(2-3-11(16)21-13)14(25)23(10)8-5-20-22(6-8)7-15(17,18)19;1-26-12(23)5-11-13-10(3-2-4-21(13)25)14(24)22(11)9-6-19-20(7-9)8-15(16,17)18;1-25-12(23)5-11-13-10(3-2-4-19-13)14(24)22(11)9-6-20-21(7-9)8-15(16,17)18;13-12(14,15)6-18-5-7(4-17-18)19-10(20)8-2-1-3-16-9(8)11(19)21;1-3-4(5)6-2;1-5(2,3)4/h4-6,8-10,16H,7,11H2,1-3H3;2-3,5-6,10H,4,7H2,1H3;2-4,6-7,11,25H,5,8H2,1H3;2-4,6-7,11H,5,8H2,1H3;1-5,11,21H,6H2;3H,1H2,2H3;/q;;+1;;;;. The molecule has 16 heterocycles. The van der Waals surface area contributed by atoms with Crippen LogP contribution in [0.3, 0.4) is 0 Å². The summed E-state index contributed by atoms with van der Waals surface area (Å²) in [4.78, 5) is 147. The SMILES string of the molecule is C=CC(=O)OC.COC(=O)CC1c2c(ccc[n+]2O)C(=O)N1c1cnn(CC(F)(F)F)c1.COC(=O)CC1c2nc(-c3cnc(OC)c(OC)c3)ccc2C(=O)N1c1cnn(CC(F)(F)F)c1.COC(=O)CC1c2nc(Cl)ccc2C(=O)N1c1cnn(CC(F)(F)F)c1.COC(=O)CC1c2ncccc2C(=O)N1c1cnn(CC(F)(F)F)c1.O=C1c2cccnc2C(O)N1c1cnn(CC(F)(F)F)c1.O=P(Cl)(Cl)Cl. The maximum Gasteiger partial charge on any atom is 0.408 e. The molecule has 11 aromatic rings. The first kappa shape index (κ1) is 111. The minimum atomic E-state index is -4.49. The highest BCUT2D eigenvalue weighted by molar-refractivity contribution is 8.24. The van der Waals surface area contributed by atoms with Crippen molar-refractivity contribution in [2.75, 3.05) is 74.3 Å². The summed E-state index contributed by atoms with van der Waals surface area (Å²) < 4.78 is 235. The van der Waals surface area contributed by atoms with Gasteiger partial charge in [0.2, 0.25) is 6.20 Å². The number of hydrogen-bond acceptors (Lipinski definition) is 30. The van der Waals surface area contributed by atoms with Crippen molar-refractivity contribution in [1.29, 1.82) is 0 Å². The van der Waals surface area contributed by atoms with Crippen LogP contribution in [0.25, 0.3) is 11.3 Å². The monoisotopic (exact) mass is 2140 g/mol. The summed E-state index contributed by atoms with van der Waals surface area (Å²) in [6.45, 7) is -3.32. The number of ether oxygens (including phenoxy) is 7. The maximum absolute atomic E-state index is 13.2. The van der Waals surface area contributed by atoms with E-state index >= 15 is 0 Å². The van der Waals surface area contributed by atoms with Crippen LogP contribution in [-0.2, 0) is 84.9 Å². The molecule has 0 aliphatic carbocycles. The zero-order chi connectivity index (χ0) is 106. The van der Waals surface area contributed by atoms with Crippen LogP contribution < -0.4 is 38.7 Å². The third-order valence-electron chi connectivity index (χ3n) is 20.2. The van der Waals surface area contributed by atoms with Crippen LogP contribution in [0.15, 0.2) is 166 Å². The first-order valence-electron chi connectivity index (χ1n) is 40.4. The van der Waals surface area contributed by atoms with Crippen molar-refractivity contribution in [2.24, 2.45) is 0 Å². The number of hydrogen-bond donors (Lipinski definition) is 2. The molecule has 5 atom stereocenters. The fraction of sp³-hybridized carbons (Fsp3) is 0.313. The molecule has 0 aromatic carbocycles. The molecule has 41 nitrogen and oxygen atoms in total. The van der Waals surface area contributed by atoms with Crippen LogP contribution in [-0.4, -0.2) is 224 Å². The Bertz CT molecular complexity index is 6630. The van der Waals surface area contributed by atoms with Crippen LogP contribution in [0.2, 0.25) is 5.15 Å². The van der Waals surface area contributed by atoms with Gasteiger partial charge in [-0.05, 0) is 94.4 Å². The summed E-state index contributed by atoms with van der Waals surface area (Å²) in [6, 6.07) is 13.2. The first-order chi connectivity index (χ1) is 67.5. The average Bonchev–Trinajstić information content (AvgIpc) is 1.61. The van der Waals surface area contributed by atoms with Crippen molar-refractivity contribution in [3.05, 3.63) is 228 Å². The van der Waals surface area contributed by atoms with Crippen molar-refractivity contribution < 1.29 is 167 Å². The second-order valence-electron chi connectivity index (χ2n) is 29.8. The Kier molecular flexibility index (Phi) is 35.8. The number of anilines is 5. The molecule has 0 fully saturated rings. The number of methoxy groups -OCH3 is 7. The zero-order valence-electron chi connectivity index (χ0n) is 74.7. The third-order valence-corrected chi connectivity index (χ3v) is 20.4. The van der Waals surface area contributed by atoms with Gasteiger partial charge in [-0.25, -0.2) is 19.7 Å². The van der Waals surface area contributed by atoms with Gasteiger partial charge in [-0.15, -0.1) is 0 Å². The van der Waals surface area contributed by atoms with Gasteiger partial charge in [-0.2, -0.15) is 91.3 Å². The molecule has 5 unspecified atom stereocenters. The highest BCUT2D eigenvalue weighted by atomic mass is 36.0. The lowest BCUT2D eigenvalue weighted by Gasteiger charge is -2.22. The summed E-state index contributed by atoms with van der Waals surface area (Å²) in [5.74, 6) is -4.77. The van der Waals surface area contributed by atoms with Crippen molar-refractivity contribution in [1.82, 2.24) is 73.8 Å². The summed E-state index contributed by atoms with van der Waals surface area (Å²) in [5, 5.41) is 35.2. The van der Waals surface area contributed by atoms with Gasteiger partial charge in [0.15, 0.2) is 12.0 Å². The first-order valence-corrected chi connectivity index (χ1v) is 45.2. The van der Waals surface area contributed by atoms with Gasteiger partial charge in [0.25, 0.3) is 41.1 Å². The predicted octanol–water partition coefficient (Wildman–Crippen LogP) is 13.9. The zero-order valence-corrected chi connectivity index (χ0v) is 78.6. The van der Waals surface area contributed by atoms with Crippen LogP contribution >= 0.6 is 50.5 Å². The number of nitrogens with zero attached hydrogens (tertiary/aromatic N) is 21. The molecule has 0 radical (unpaired) electrons. The van der Waals surface area contributed by atoms with Gasteiger partial charge in [-0.1, -0.05) is 18.2 Å². The smallest absolute Gasteiger partial charge is 0.408 e. The van der Waals surface area contributed by atoms with Crippen LogP contribution in [0.4, 0.5) is 94.3 Å². The van der Waals surface area contributed by atoms with Gasteiger partial charge in [0, 0.05) is 72.0 Å². The average molecular weight is 2140 g/mol. The third kappa shape index (κ3) is 28.5. The van der Waals surface area contributed by atoms with Crippen molar-refractivity contribution in [3.63, 3.8) is 0 Å². The normalized spacial score (nSPS) is 16.0. The topological polar surface area (TPSA) is 466 Å². The maximum atomic E-state index is 13.2. The molecule has 11 aromatic heterocycles. The molecule has 0 bridgehead atoms. The number of aliphatic hydroxyl groups is 1. The van der Waals surface area contributed by atoms with E-state index < -0.39 is 159 Å². The van der Waals surface area contributed by atoms with Crippen LogP contribution in [0.5, 0.6) is 11.6 Å². The summed E-state index contributed by atoms with van der Waals surface area (Å²) in [7, 11) is 8.99. The molecule has 5 amide bonds. The van der Waals surface area contributed by atoms with Crippen molar-refractivity contribution in [3.8, 4) is 22.9 Å². The highest BCUT2D eigenvalue weighted by Crippen LogP contribution is 2.61. The lowest BCUT2D eigenvalue weighted by Crippen LogP contribution is -2.38. The van der Waals surface area contributed by atoms with Gasteiger partial charge in [-0.3, -0.25) is 111 Å². The van der Waals surface area contributed by atoms with E-state index in [9.17, 15) is 129 Å². The van der Waals surface area contributed by atoms with Gasteiger partial charge in [0.05, 0.1) is 198 Å². The number of halogens is 19. The van der Waals surface area contributed by atoms with E-state index in [1.807, 2.05) is 0 Å². The summed E-state index contributed by atoms with van der Waals surface area (Å²) >= 11 is 19.7. The Morgan fingerprint density at radius 1 is 0.431 bits per heavy atom. The quantitative estimate of drug-likeness (QED) is 0.00930. The van der Waals surface area contributed by atoms with Crippen molar-refractivity contribution in [2.45, 2.75) is 120 Å². The number of esters is 5. The van der Waals surface area contributed by atoms with E-state index in [1.165, 1.54) is 120 Å². The molecule has 16 rings (SSSR count). The molecule has 0 spiro atoms. The molecular weight excluding hydrogens is 2070 g/mol. The second kappa shape index (κ2) is 46.4. The van der Waals surface area contributed by atoms with E-state index in [0.29, 0.717) is 56.4 Å². The number of pyridine rings is 6. The van der Waals surface area contributed by atoms with Crippen LogP contribution in [0.1, 0.15) is 136 Å². The number of amides is 5. The van der Waals surface area contributed by atoms with E-state index in [0.717, 1.165) is 77.8 Å². The molecule has 0 saturated heterocycles. The van der Waals surface area contributed by atoms with E-state index in [-0.39, 0.29) is 110 Å². The largest absolute Gasteiger partial charge is 0.491 e. The lowest BCUT2D eigenvalue weighted by atomic mass is 10.1. The molecule has 5 aliphatic rings. The fourth-order valence-electron chi connectivity index (χ4n) is 14.4. The number of carbonyl (C=O) groups is 10. The van der Waals surface area contributed by atoms with E-state index in [4.69, 9.17) is 25.8 Å². The second-order valence-corrected chi connectivity index (χ2v) is 36.8. The predicted molar refractivity (Wildman–Crippen MR) is 467 cm³/mol. The number of carbonyl (C=O) groups excluding carboxylic acids is 10. The fourth-order valence-corrected chi connectivity index (χ4v) is 14.6. The Balaban J connectivity index is 0.000000181. The van der Waals surface area contributed by atoms with Gasteiger partial charge < -0.3 is 38.3 Å². The minimum absolute atomic E-state index is 0.0735. The molecule has 61 heteroatoms. The van der Waals surface area contributed by atoms with Gasteiger partial charge in [0.1, 0.15) is 55.2 Å². The van der Waals surface area contributed by atoms with Crippen molar-refractivity contribution >= 4 is 138 Å². The Hall–Kier alpha value is -14.9. The molecular formula is C83H74Cl4F15N21O20P+. The van der Waals surface area contributed by atoms with Gasteiger partial charge >= 0.3 is 65.9 Å². The van der Waals surface area contributed by atoms with E-state index in [2.05, 4.69) is 110 Å². The summed E-state index contributed by atoms with van der Waals surface area (Å²) in [6.07, 6.45) is -6.72. The molecule has 0 saturated carbocycles. The minimum Gasteiger partial charge on any atom is -0.491 e. The Labute approximate surface area is 819 Å². The molecule has 144 heavy (non-hydrogen) atoms. The van der Waals surface area contributed by atoms with Crippen LogP contribution in [0, 0.1) is 0 Å².